The van der Waals surface area contributed by atoms with Crippen LogP contribution in [0.2, 0.25) is 0 Å². The van der Waals surface area contributed by atoms with Gasteiger partial charge in [0.1, 0.15) is 13.2 Å². The van der Waals surface area contributed by atoms with Crippen LogP contribution >= 0.6 is 0 Å². The van der Waals surface area contributed by atoms with Gasteiger partial charge in [-0.2, -0.15) is 0 Å². The normalized spacial score (nSPS) is 12.4. The zero-order chi connectivity index (χ0) is 56.4. The van der Waals surface area contributed by atoms with E-state index in [0.717, 1.165) is 70.6 Å². The number of hydrogen-bond donors (Lipinski definition) is 0. The predicted molar refractivity (Wildman–Crippen MR) is 339 cm³/mol. The summed E-state index contributed by atoms with van der Waals surface area (Å²) in [6.45, 7) is 6.51. The van der Waals surface area contributed by atoms with Gasteiger partial charge < -0.3 is 14.2 Å². The molecular weight excluding hydrogens is 961 g/mol. The number of rotatable bonds is 63. The van der Waals surface area contributed by atoms with E-state index in [1.54, 1.807) is 0 Å². The van der Waals surface area contributed by atoms with Gasteiger partial charge in [-0.3, -0.25) is 14.4 Å². The second-order valence-electron chi connectivity index (χ2n) is 23.1. The molecule has 0 N–H and O–H groups in total. The Hall–Kier alpha value is -2.89. The van der Waals surface area contributed by atoms with Crippen molar-refractivity contribution in [1.29, 1.82) is 0 Å². The molecule has 0 spiro atoms. The van der Waals surface area contributed by atoms with Crippen LogP contribution in [0.4, 0.5) is 0 Å². The number of hydrogen-bond acceptors (Lipinski definition) is 6. The molecule has 6 heteroatoms. The number of carbonyl (C=O) groups is 3. The Kier molecular flexibility index (Phi) is 64.2. The standard InChI is InChI=1S/C72H130O6/c1-4-7-10-13-16-19-22-25-28-30-32-34-36-38-39-41-44-47-50-53-56-59-62-65-71(74)77-68-69(67-76-70(73)64-61-58-55-52-49-46-43-27-24-21-18-15-12-9-6-3)78-72(75)66-63-60-57-54-51-48-45-42-40-37-35-33-31-29-26-23-20-17-14-11-8-5-2/h9,12,18,21,27,43,49,52,58,61,69H,4-8,10-11,13-17,19-20,22-26,28-42,44-48,50-51,53-57,59-60,62-68H2,1-3H3/b12-9-,21-18-,43-27-,52-49-,61-58-. The van der Waals surface area contributed by atoms with Gasteiger partial charge in [0, 0.05) is 12.8 Å². The molecule has 0 saturated carbocycles. The summed E-state index contributed by atoms with van der Waals surface area (Å²) < 4.78 is 16.9. The molecule has 0 fully saturated rings. The van der Waals surface area contributed by atoms with Crippen LogP contribution in [0.5, 0.6) is 0 Å². The lowest BCUT2D eigenvalue weighted by atomic mass is 10.0. The van der Waals surface area contributed by atoms with Crippen molar-refractivity contribution < 1.29 is 28.6 Å². The second kappa shape index (κ2) is 66.6. The lowest BCUT2D eigenvalue weighted by Gasteiger charge is -2.18. The summed E-state index contributed by atoms with van der Waals surface area (Å²) in [7, 11) is 0. The average Bonchev–Trinajstić information content (AvgIpc) is 3.44. The molecule has 0 aromatic rings. The van der Waals surface area contributed by atoms with E-state index in [4.69, 9.17) is 14.2 Å². The molecule has 0 rings (SSSR count). The van der Waals surface area contributed by atoms with Gasteiger partial charge in [0.25, 0.3) is 0 Å². The fraction of sp³-hybridized carbons (Fsp3) is 0.819. The van der Waals surface area contributed by atoms with Crippen molar-refractivity contribution in [3.8, 4) is 0 Å². The van der Waals surface area contributed by atoms with Crippen LogP contribution in [0, 0.1) is 0 Å². The first-order valence-electron chi connectivity index (χ1n) is 34.3. The minimum atomic E-state index is -0.812. The summed E-state index contributed by atoms with van der Waals surface area (Å²) >= 11 is 0. The molecule has 1 unspecified atom stereocenters. The minimum absolute atomic E-state index is 0.0990. The lowest BCUT2D eigenvalue weighted by Crippen LogP contribution is -2.30. The zero-order valence-corrected chi connectivity index (χ0v) is 52.2. The number of unbranched alkanes of at least 4 members (excludes halogenated alkanes) is 43. The van der Waals surface area contributed by atoms with Crippen LogP contribution in [0.3, 0.4) is 0 Å². The van der Waals surface area contributed by atoms with Gasteiger partial charge in [-0.25, -0.2) is 0 Å². The van der Waals surface area contributed by atoms with E-state index in [2.05, 4.69) is 69.4 Å². The van der Waals surface area contributed by atoms with Crippen molar-refractivity contribution >= 4 is 17.9 Å². The van der Waals surface area contributed by atoms with Crippen molar-refractivity contribution in [3.63, 3.8) is 0 Å². The SMILES string of the molecule is CC/C=C\C/C=C\C/C=C\C/C=C\C/C=C\CC(=O)OCC(COC(=O)CCCCCCCCCCCCCCCCCCCCCCCCC)OC(=O)CCCCCCCCCCCCCCCCCCCCCCCC. The first-order chi connectivity index (χ1) is 38.5. The van der Waals surface area contributed by atoms with Crippen molar-refractivity contribution in [2.45, 2.75) is 367 Å². The van der Waals surface area contributed by atoms with Crippen molar-refractivity contribution in [1.82, 2.24) is 0 Å². The Balaban J connectivity index is 4.33. The van der Waals surface area contributed by atoms with Crippen molar-refractivity contribution in [3.05, 3.63) is 60.8 Å². The molecule has 0 aromatic carbocycles. The van der Waals surface area contributed by atoms with E-state index in [0.29, 0.717) is 12.8 Å². The number of esters is 3. The molecule has 1 atom stereocenters. The van der Waals surface area contributed by atoms with E-state index < -0.39 is 12.1 Å². The van der Waals surface area contributed by atoms with Crippen LogP contribution in [0.1, 0.15) is 361 Å². The molecule has 0 aromatic heterocycles. The van der Waals surface area contributed by atoms with Crippen LogP contribution < -0.4 is 0 Å². The Morgan fingerprint density at radius 1 is 0.269 bits per heavy atom. The lowest BCUT2D eigenvalue weighted by molar-refractivity contribution is -0.166. The van der Waals surface area contributed by atoms with E-state index in [9.17, 15) is 14.4 Å². The van der Waals surface area contributed by atoms with Crippen LogP contribution in [-0.4, -0.2) is 37.2 Å². The first-order valence-corrected chi connectivity index (χ1v) is 34.3. The molecule has 6 nitrogen and oxygen atoms in total. The predicted octanol–water partition coefficient (Wildman–Crippen LogP) is 23.5. The molecule has 0 heterocycles. The fourth-order valence-electron chi connectivity index (χ4n) is 10.2. The molecular formula is C72H130O6. The highest BCUT2D eigenvalue weighted by Gasteiger charge is 2.19. The zero-order valence-electron chi connectivity index (χ0n) is 52.2. The van der Waals surface area contributed by atoms with Gasteiger partial charge in [0.15, 0.2) is 6.10 Å². The maximum atomic E-state index is 12.9. The number of allylic oxidation sites excluding steroid dienone is 9. The molecule has 0 aliphatic heterocycles. The molecule has 0 radical (unpaired) electrons. The quantitative estimate of drug-likeness (QED) is 0.0261. The number of ether oxygens (including phenoxy) is 3. The molecule has 78 heavy (non-hydrogen) atoms. The van der Waals surface area contributed by atoms with Gasteiger partial charge in [-0.05, 0) is 44.9 Å². The molecule has 454 valence electrons. The summed E-state index contributed by atoms with van der Waals surface area (Å²) in [5.41, 5.74) is 0. The van der Waals surface area contributed by atoms with Crippen molar-refractivity contribution in [2.24, 2.45) is 0 Å². The average molecular weight is 1090 g/mol. The van der Waals surface area contributed by atoms with Gasteiger partial charge in [0.05, 0.1) is 6.42 Å². The van der Waals surface area contributed by atoms with Gasteiger partial charge >= 0.3 is 17.9 Å². The van der Waals surface area contributed by atoms with E-state index >= 15 is 0 Å². The summed E-state index contributed by atoms with van der Waals surface area (Å²) in [5, 5.41) is 0. The molecule has 0 amide bonds. The summed E-state index contributed by atoms with van der Waals surface area (Å²) in [4.78, 5) is 38.3. The third kappa shape index (κ3) is 63.9. The Morgan fingerprint density at radius 2 is 0.500 bits per heavy atom. The van der Waals surface area contributed by atoms with Crippen LogP contribution in [-0.2, 0) is 28.6 Å². The van der Waals surface area contributed by atoms with Gasteiger partial charge in [-0.1, -0.05) is 358 Å². The second-order valence-corrected chi connectivity index (χ2v) is 23.1. The molecule has 0 aliphatic carbocycles. The van der Waals surface area contributed by atoms with Crippen LogP contribution in [0.25, 0.3) is 0 Å². The third-order valence-electron chi connectivity index (χ3n) is 15.3. The minimum Gasteiger partial charge on any atom is -0.462 e. The van der Waals surface area contributed by atoms with E-state index in [-0.39, 0.29) is 31.6 Å². The first kappa shape index (κ1) is 75.1. The third-order valence-corrected chi connectivity index (χ3v) is 15.3. The van der Waals surface area contributed by atoms with Gasteiger partial charge in [-0.15, -0.1) is 0 Å². The molecule has 0 aliphatic rings. The highest BCUT2D eigenvalue weighted by atomic mass is 16.6. The molecule has 0 saturated heterocycles. The Labute approximate surface area is 485 Å². The van der Waals surface area contributed by atoms with Gasteiger partial charge in [0.2, 0.25) is 0 Å². The largest absolute Gasteiger partial charge is 0.462 e. The summed E-state index contributed by atoms with van der Waals surface area (Å²) in [6, 6.07) is 0. The highest BCUT2D eigenvalue weighted by Crippen LogP contribution is 2.18. The highest BCUT2D eigenvalue weighted by molar-refractivity contribution is 5.72. The maximum Gasteiger partial charge on any atom is 0.309 e. The van der Waals surface area contributed by atoms with Crippen molar-refractivity contribution in [2.75, 3.05) is 13.2 Å². The monoisotopic (exact) mass is 1090 g/mol. The molecule has 0 bridgehead atoms. The van der Waals surface area contributed by atoms with Crippen LogP contribution in [0.15, 0.2) is 60.8 Å². The van der Waals surface area contributed by atoms with E-state index in [1.807, 2.05) is 12.2 Å². The van der Waals surface area contributed by atoms with E-state index in [1.165, 1.54) is 250 Å². The fourth-order valence-corrected chi connectivity index (χ4v) is 10.2. The Morgan fingerprint density at radius 3 is 0.782 bits per heavy atom. The maximum absolute atomic E-state index is 12.9. The summed E-state index contributed by atoms with van der Waals surface area (Å²) in [5.74, 6) is -1.01. The number of carbonyl (C=O) groups excluding carboxylic acids is 3. The summed E-state index contributed by atoms with van der Waals surface area (Å²) in [6.07, 6.45) is 85.6. The smallest absolute Gasteiger partial charge is 0.309 e. The Bertz CT molecular complexity index is 1390. The topological polar surface area (TPSA) is 78.9 Å².